The van der Waals surface area contributed by atoms with E-state index in [0.717, 1.165) is 49.2 Å². The lowest BCUT2D eigenvalue weighted by Gasteiger charge is -2.21. The Hall–Kier alpha value is -3.03. The first-order chi connectivity index (χ1) is 15.9. The first-order valence-electron chi connectivity index (χ1n) is 10.9. The zero-order chi connectivity index (χ0) is 23.3. The molecule has 0 spiro atoms. The van der Waals surface area contributed by atoms with E-state index in [1.807, 2.05) is 42.5 Å². The highest BCUT2D eigenvalue weighted by Crippen LogP contribution is 2.31. The van der Waals surface area contributed by atoms with Crippen molar-refractivity contribution in [3.63, 3.8) is 0 Å². The van der Waals surface area contributed by atoms with Gasteiger partial charge in [0.15, 0.2) is 0 Å². The van der Waals surface area contributed by atoms with Gasteiger partial charge in [0.05, 0.1) is 5.56 Å². The Morgan fingerprint density at radius 3 is 2.18 bits per heavy atom. The Bertz CT molecular complexity index is 1080. The summed E-state index contributed by atoms with van der Waals surface area (Å²) < 4.78 is 44.1. The van der Waals surface area contributed by atoms with Crippen LogP contribution in [0.15, 0.2) is 72.8 Å². The van der Waals surface area contributed by atoms with Crippen molar-refractivity contribution in [1.29, 1.82) is 0 Å². The molecule has 1 amide bonds. The highest BCUT2D eigenvalue weighted by Gasteiger charge is 2.30. The van der Waals surface area contributed by atoms with E-state index in [9.17, 15) is 18.0 Å². The minimum absolute atomic E-state index is 0. The first-order valence-corrected chi connectivity index (χ1v) is 10.9. The minimum Gasteiger partial charge on any atom is -0.489 e. The van der Waals surface area contributed by atoms with Gasteiger partial charge in [0.1, 0.15) is 12.4 Å². The first kappa shape index (κ1) is 25.6. The van der Waals surface area contributed by atoms with Gasteiger partial charge in [-0.15, -0.1) is 12.4 Å². The van der Waals surface area contributed by atoms with E-state index >= 15 is 0 Å². The standard InChI is InChI=1S/C26H25F3N2O2.ClH/c27-26(28,29)22-10-8-20(9-11-22)19-6-4-18(5-7-19)17-33-24-3-1-2-23(16-24)31-25(32)21-12-14-30-15-13-21;/h1-11,16,21,30H,12-15,17H2,(H,31,32);1H. The molecular weight excluding hydrogens is 465 g/mol. The molecule has 0 aliphatic carbocycles. The van der Waals surface area contributed by atoms with Gasteiger partial charge in [-0.1, -0.05) is 42.5 Å². The topological polar surface area (TPSA) is 50.4 Å². The lowest BCUT2D eigenvalue weighted by Crippen LogP contribution is -2.34. The smallest absolute Gasteiger partial charge is 0.416 e. The Balaban J connectivity index is 0.00000324. The number of halogens is 4. The molecule has 4 rings (SSSR count). The summed E-state index contributed by atoms with van der Waals surface area (Å²) in [4.78, 5) is 12.4. The molecule has 3 aromatic rings. The summed E-state index contributed by atoms with van der Waals surface area (Å²) in [7, 11) is 0. The molecule has 1 aliphatic heterocycles. The van der Waals surface area contributed by atoms with Crippen LogP contribution in [0.1, 0.15) is 24.0 Å². The van der Waals surface area contributed by atoms with Gasteiger partial charge >= 0.3 is 6.18 Å². The summed E-state index contributed by atoms with van der Waals surface area (Å²) in [6.07, 6.45) is -2.66. The summed E-state index contributed by atoms with van der Waals surface area (Å²) in [6, 6.07) is 19.9. The Labute approximate surface area is 202 Å². The maximum absolute atomic E-state index is 12.7. The Kier molecular flexibility index (Phi) is 8.58. The van der Waals surface area contributed by atoms with Gasteiger partial charge in [0.2, 0.25) is 5.91 Å². The molecule has 0 aromatic heterocycles. The summed E-state index contributed by atoms with van der Waals surface area (Å²) in [5.74, 6) is 0.705. The molecule has 4 nitrogen and oxygen atoms in total. The molecule has 0 unspecified atom stereocenters. The van der Waals surface area contributed by atoms with Crippen molar-refractivity contribution in [1.82, 2.24) is 5.32 Å². The molecule has 0 bridgehead atoms. The number of rotatable bonds is 6. The number of carbonyl (C=O) groups excluding carboxylic acids is 1. The molecule has 2 N–H and O–H groups in total. The second-order valence-corrected chi connectivity index (χ2v) is 8.10. The van der Waals surface area contributed by atoms with E-state index in [2.05, 4.69) is 10.6 Å². The molecule has 1 aliphatic rings. The van der Waals surface area contributed by atoms with Gasteiger partial charge in [-0.05, 0) is 66.9 Å². The van der Waals surface area contributed by atoms with Crippen LogP contribution >= 0.6 is 12.4 Å². The predicted molar refractivity (Wildman–Crippen MR) is 129 cm³/mol. The van der Waals surface area contributed by atoms with Crippen LogP contribution in [0, 0.1) is 5.92 Å². The second kappa shape index (κ2) is 11.4. The van der Waals surface area contributed by atoms with Crippen LogP contribution < -0.4 is 15.4 Å². The second-order valence-electron chi connectivity index (χ2n) is 8.10. The van der Waals surface area contributed by atoms with Crippen LogP contribution in [0.2, 0.25) is 0 Å². The molecule has 0 atom stereocenters. The maximum atomic E-state index is 12.7. The van der Waals surface area contributed by atoms with E-state index in [1.165, 1.54) is 12.1 Å². The highest BCUT2D eigenvalue weighted by atomic mass is 35.5. The van der Waals surface area contributed by atoms with Crippen molar-refractivity contribution < 1.29 is 22.7 Å². The Morgan fingerprint density at radius 2 is 1.56 bits per heavy atom. The van der Waals surface area contributed by atoms with Crippen LogP contribution in [0.4, 0.5) is 18.9 Å². The van der Waals surface area contributed by atoms with Gasteiger partial charge in [0, 0.05) is 17.7 Å². The van der Waals surface area contributed by atoms with Crippen molar-refractivity contribution in [2.45, 2.75) is 25.6 Å². The molecule has 8 heteroatoms. The van der Waals surface area contributed by atoms with Crippen molar-refractivity contribution in [2.75, 3.05) is 18.4 Å². The zero-order valence-electron chi connectivity index (χ0n) is 18.4. The third-order valence-corrected chi connectivity index (χ3v) is 5.72. The Morgan fingerprint density at radius 1 is 0.941 bits per heavy atom. The molecule has 1 heterocycles. The fraction of sp³-hybridized carbons (Fsp3) is 0.269. The molecule has 3 aromatic carbocycles. The average molecular weight is 491 g/mol. The lowest BCUT2D eigenvalue weighted by atomic mass is 9.97. The maximum Gasteiger partial charge on any atom is 0.416 e. The highest BCUT2D eigenvalue weighted by molar-refractivity contribution is 5.92. The number of anilines is 1. The molecule has 1 saturated heterocycles. The number of amides is 1. The monoisotopic (exact) mass is 490 g/mol. The van der Waals surface area contributed by atoms with Crippen molar-refractivity contribution >= 4 is 24.0 Å². The number of nitrogens with one attached hydrogen (secondary N) is 2. The van der Waals surface area contributed by atoms with Crippen LogP contribution in [0.3, 0.4) is 0 Å². The predicted octanol–water partition coefficient (Wildman–Crippen LogP) is 6.31. The number of hydrogen-bond acceptors (Lipinski definition) is 3. The van der Waals surface area contributed by atoms with Crippen LogP contribution in [0.5, 0.6) is 5.75 Å². The fourth-order valence-corrected chi connectivity index (χ4v) is 3.80. The van der Waals surface area contributed by atoms with Crippen molar-refractivity contribution in [3.05, 3.63) is 83.9 Å². The number of hydrogen-bond donors (Lipinski definition) is 2. The summed E-state index contributed by atoms with van der Waals surface area (Å²) in [5, 5.41) is 6.23. The third-order valence-electron chi connectivity index (χ3n) is 5.72. The summed E-state index contributed by atoms with van der Waals surface area (Å²) in [5.41, 5.74) is 2.51. The number of benzene rings is 3. The number of carbonyl (C=O) groups is 1. The van der Waals surface area contributed by atoms with Crippen LogP contribution in [0.25, 0.3) is 11.1 Å². The fourth-order valence-electron chi connectivity index (χ4n) is 3.80. The van der Waals surface area contributed by atoms with E-state index in [-0.39, 0.29) is 24.2 Å². The number of piperidine rings is 1. The largest absolute Gasteiger partial charge is 0.489 e. The van der Waals surface area contributed by atoms with Gasteiger partial charge in [-0.25, -0.2) is 0 Å². The molecule has 0 radical (unpaired) electrons. The number of alkyl halides is 3. The molecular formula is C26H26ClF3N2O2. The minimum atomic E-state index is -4.34. The summed E-state index contributed by atoms with van der Waals surface area (Å²) in [6.45, 7) is 2.05. The van der Waals surface area contributed by atoms with E-state index in [1.54, 1.807) is 6.07 Å². The van der Waals surface area contributed by atoms with Crippen molar-refractivity contribution in [3.8, 4) is 16.9 Å². The molecule has 1 fully saturated rings. The van der Waals surface area contributed by atoms with E-state index in [4.69, 9.17) is 4.74 Å². The zero-order valence-corrected chi connectivity index (χ0v) is 19.2. The normalized spacial score (nSPS) is 14.2. The van der Waals surface area contributed by atoms with Gasteiger partial charge in [-0.3, -0.25) is 4.79 Å². The van der Waals surface area contributed by atoms with Gasteiger partial charge in [0.25, 0.3) is 0 Å². The van der Waals surface area contributed by atoms with E-state index in [0.29, 0.717) is 23.6 Å². The van der Waals surface area contributed by atoms with Crippen molar-refractivity contribution in [2.24, 2.45) is 5.92 Å². The SMILES string of the molecule is Cl.O=C(Nc1cccc(OCc2ccc(-c3ccc(C(F)(F)F)cc3)cc2)c1)C1CCNCC1. The van der Waals surface area contributed by atoms with Gasteiger partial charge < -0.3 is 15.4 Å². The van der Waals surface area contributed by atoms with Gasteiger partial charge in [-0.2, -0.15) is 13.2 Å². The van der Waals surface area contributed by atoms with Crippen LogP contribution in [-0.2, 0) is 17.6 Å². The third kappa shape index (κ3) is 6.74. The van der Waals surface area contributed by atoms with E-state index < -0.39 is 11.7 Å². The summed E-state index contributed by atoms with van der Waals surface area (Å²) >= 11 is 0. The van der Waals surface area contributed by atoms with Crippen LogP contribution in [-0.4, -0.2) is 19.0 Å². The number of ether oxygens (including phenoxy) is 1. The molecule has 34 heavy (non-hydrogen) atoms. The lowest BCUT2D eigenvalue weighted by molar-refractivity contribution is -0.137. The molecule has 180 valence electrons. The average Bonchev–Trinajstić information content (AvgIpc) is 2.83. The quantitative estimate of drug-likeness (QED) is 0.425. The molecule has 0 saturated carbocycles.